The van der Waals surface area contributed by atoms with E-state index in [9.17, 15) is 0 Å². The number of aryl methyl sites for hydroxylation is 1. The lowest BCUT2D eigenvalue weighted by molar-refractivity contribution is 0.343. The topological polar surface area (TPSA) is 88.6 Å². The van der Waals surface area contributed by atoms with Gasteiger partial charge >= 0.3 is 0 Å². The van der Waals surface area contributed by atoms with Crippen LogP contribution in [0, 0.1) is 6.92 Å². The van der Waals surface area contributed by atoms with Crippen LogP contribution >= 0.6 is 22.6 Å². The average molecular weight is 488 g/mol. The molecule has 0 saturated heterocycles. The number of aromatic nitrogens is 5. The van der Waals surface area contributed by atoms with E-state index in [2.05, 4.69) is 43.1 Å². The van der Waals surface area contributed by atoms with Crippen LogP contribution in [0.3, 0.4) is 0 Å². The van der Waals surface area contributed by atoms with Gasteiger partial charge in [-0.25, -0.2) is 9.97 Å². The number of rotatable bonds is 5. The van der Waals surface area contributed by atoms with Crippen LogP contribution in [0.4, 0.5) is 11.8 Å². The molecule has 4 rings (SSSR count). The van der Waals surface area contributed by atoms with Gasteiger partial charge in [0, 0.05) is 10.9 Å². The van der Waals surface area contributed by atoms with Crippen molar-refractivity contribution in [1.82, 2.24) is 25.1 Å². The van der Waals surface area contributed by atoms with Crippen LogP contribution in [0.25, 0.3) is 22.3 Å². The molecule has 7 nitrogen and oxygen atoms in total. The lowest BCUT2D eigenvalue weighted by atomic mass is 10.1. The van der Waals surface area contributed by atoms with E-state index in [1.54, 1.807) is 0 Å². The number of fused-ring (bicyclic) bond motifs is 1. The zero-order valence-corrected chi connectivity index (χ0v) is 18.1. The third-order valence-electron chi connectivity index (χ3n) is 3.85. The summed E-state index contributed by atoms with van der Waals surface area (Å²) in [5, 5.41) is 11.0. The minimum Gasteiger partial charge on any atom is -0.492 e. The monoisotopic (exact) mass is 488 g/mol. The van der Waals surface area contributed by atoms with Gasteiger partial charge in [-0.15, -0.1) is 5.10 Å². The molecule has 0 aliphatic heterocycles. The van der Waals surface area contributed by atoms with E-state index in [4.69, 9.17) is 14.7 Å². The second-order valence-electron chi connectivity index (χ2n) is 5.72. The number of hydrogen-bond acceptors (Lipinski definition) is 6. The van der Waals surface area contributed by atoms with Crippen molar-refractivity contribution in [2.45, 2.75) is 13.8 Å². The highest BCUT2D eigenvalue weighted by molar-refractivity contribution is 14.1. The van der Waals surface area contributed by atoms with Gasteiger partial charge in [-0.3, -0.25) is 5.10 Å². The van der Waals surface area contributed by atoms with Crippen LogP contribution in [-0.2, 0) is 0 Å². The van der Waals surface area contributed by atoms with Gasteiger partial charge in [0.15, 0.2) is 5.82 Å². The van der Waals surface area contributed by atoms with Crippen LogP contribution in [0.2, 0.25) is 0 Å². The fraction of sp³-hybridized carbons (Fsp3) is 0.200. The van der Waals surface area contributed by atoms with Crippen LogP contribution in [0.5, 0.6) is 5.75 Å². The number of ether oxygens (including phenoxy) is 1. The molecule has 4 aromatic rings. The molecule has 0 unspecified atom stereocenters. The predicted octanol–water partition coefficient (Wildman–Crippen LogP) is 4.92. The number of hydrogen-bond donors (Lipinski definition) is 2. The van der Waals surface area contributed by atoms with Crippen LogP contribution in [-0.4, -0.2) is 36.7 Å². The molecule has 2 aromatic heterocycles. The smallest absolute Gasteiger partial charge is 0.247 e. The molecule has 144 valence electrons. The summed E-state index contributed by atoms with van der Waals surface area (Å²) in [5.41, 5.74) is 1.67. The molecule has 0 aliphatic carbocycles. The molecule has 8 heteroatoms. The first kappa shape index (κ1) is 20.0. The Kier molecular flexibility index (Phi) is 6.75. The zero-order chi connectivity index (χ0) is 19.9. The SMILES string of the molecule is CCOc1cccc2c(Nc3n[nH]c(C)n3)nc(-c3ccccc3)nc12.CI. The molecule has 0 aliphatic rings. The highest BCUT2D eigenvalue weighted by Gasteiger charge is 2.14. The van der Waals surface area contributed by atoms with Crippen molar-refractivity contribution < 1.29 is 4.74 Å². The standard InChI is InChI=1S/C19H18N6O.CH3I/c1-3-26-15-11-7-10-14-16(15)21-17(13-8-5-4-6-9-13)22-18(14)23-19-20-12(2)24-25-19;1-2/h4-11H,3H2,1-2H3,(H2,20,21,22,23,24,25);1H3. The van der Waals surface area contributed by atoms with E-state index in [1.807, 2.05) is 67.3 Å². The van der Waals surface area contributed by atoms with Gasteiger partial charge in [-0.1, -0.05) is 59.0 Å². The van der Waals surface area contributed by atoms with E-state index in [-0.39, 0.29) is 0 Å². The Morgan fingerprint density at radius 1 is 1.00 bits per heavy atom. The van der Waals surface area contributed by atoms with Gasteiger partial charge < -0.3 is 10.1 Å². The molecule has 0 fully saturated rings. The van der Waals surface area contributed by atoms with Gasteiger partial charge in [-0.05, 0) is 30.9 Å². The van der Waals surface area contributed by atoms with Gasteiger partial charge in [0.2, 0.25) is 5.95 Å². The van der Waals surface area contributed by atoms with Crippen molar-refractivity contribution in [2.24, 2.45) is 0 Å². The summed E-state index contributed by atoms with van der Waals surface area (Å²) < 4.78 is 5.76. The predicted molar refractivity (Wildman–Crippen MR) is 120 cm³/mol. The fourth-order valence-electron chi connectivity index (χ4n) is 2.71. The van der Waals surface area contributed by atoms with Crippen molar-refractivity contribution >= 4 is 45.3 Å². The molecule has 2 heterocycles. The summed E-state index contributed by atoms with van der Waals surface area (Å²) in [6, 6.07) is 15.6. The maximum absolute atomic E-state index is 5.76. The zero-order valence-electron chi connectivity index (χ0n) is 15.9. The van der Waals surface area contributed by atoms with E-state index >= 15 is 0 Å². The van der Waals surface area contributed by atoms with E-state index in [0.29, 0.717) is 24.2 Å². The first-order valence-corrected chi connectivity index (χ1v) is 10.9. The van der Waals surface area contributed by atoms with Crippen molar-refractivity contribution in [3.8, 4) is 17.1 Å². The van der Waals surface area contributed by atoms with Crippen LogP contribution < -0.4 is 10.1 Å². The van der Waals surface area contributed by atoms with Gasteiger partial charge in [0.05, 0.1) is 6.61 Å². The number of alkyl halides is 1. The number of para-hydroxylation sites is 1. The number of aromatic amines is 1. The van der Waals surface area contributed by atoms with Crippen molar-refractivity contribution in [3.63, 3.8) is 0 Å². The Balaban J connectivity index is 0.00000109. The molecule has 0 amide bonds. The van der Waals surface area contributed by atoms with E-state index in [1.165, 1.54) is 0 Å². The fourth-order valence-corrected chi connectivity index (χ4v) is 2.71. The summed E-state index contributed by atoms with van der Waals surface area (Å²) in [5.74, 6) is 3.15. The van der Waals surface area contributed by atoms with Gasteiger partial charge in [0.25, 0.3) is 0 Å². The van der Waals surface area contributed by atoms with E-state index < -0.39 is 0 Å². The molecule has 2 N–H and O–H groups in total. The lowest BCUT2D eigenvalue weighted by Gasteiger charge is -2.12. The molecule has 0 bridgehead atoms. The largest absolute Gasteiger partial charge is 0.492 e. The highest BCUT2D eigenvalue weighted by atomic mass is 127. The first-order chi connectivity index (χ1) is 13.7. The Labute approximate surface area is 177 Å². The summed E-state index contributed by atoms with van der Waals surface area (Å²) in [6.07, 6.45) is 0. The summed E-state index contributed by atoms with van der Waals surface area (Å²) in [6.45, 7) is 4.36. The molecule has 28 heavy (non-hydrogen) atoms. The Bertz CT molecular complexity index is 1050. The number of nitrogens with zero attached hydrogens (tertiary/aromatic N) is 4. The number of nitrogens with one attached hydrogen (secondary N) is 2. The minimum absolute atomic E-state index is 0.461. The lowest BCUT2D eigenvalue weighted by Crippen LogP contribution is -2.02. The maximum atomic E-state index is 5.76. The summed E-state index contributed by atoms with van der Waals surface area (Å²) in [7, 11) is 0. The molecule has 2 aromatic carbocycles. The Morgan fingerprint density at radius 3 is 2.46 bits per heavy atom. The average Bonchev–Trinajstić information content (AvgIpc) is 3.15. The quantitative estimate of drug-likeness (QED) is 0.307. The molecular weight excluding hydrogens is 467 g/mol. The first-order valence-electron chi connectivity index (χ1n) is 8.77. The maximum Gasteiger partial charge on any atom is 0.247 e. The molecule has 0 saturated carbocycles. The minimum atomic E-state index is 0.461. The molecule has 0 atom stereocenters. The summed E-state index contributed by atoms with van der Waals surface area (Å²) in [4.78, 5) is 15.7. The van der Waals surface area contributed by atoms with E-state index in [0.717, 1.165) is 28.0 Å². The highest BCUT2D eigenvalue weighted by Crippen LogP contribution is 2.31. The summed E-state index contributed by atoms with van der Waals surface area (Å²) >= 11 is 2.15. The van der Waals surface area contributed by atoms with Crippen molar-refractivity contribution in [2.75, 3.05) is 16.9 Å². The second-order valence-corrected chi connectivity index (χ2v) is 5.72. The van der Waals surface area contributed by atoms with Crippen LogP contribution in [0.15, 0.2) is 48.5 Å². The molecular formula is C20H21IN6O. The molecule has 0 spiro atoms. The third-order valence-corrected chi connectivity index (χ3v) is 3.85. The number of halogens is 1. The normalized spacial score (nSPS) is 10.3. The van der Waals surface area contributed by atoms with Crippen LogP contribution in [0.1, 0.15) is 12.7 Å². The van der Waals surface area contributed by atoms with Gasteiger partial charge in [-0.2, -0.15) is 4.98 Å². The number of H-pyrrole nitrogens is 1. The molecule has 0 radical (unpaired) electrons. The second kappa shape index (κ2) is 9.45. The number of anilines is 2. The number of benzene rings is 2. The van der Waals surface area contributed by atoms with Crippen molar-refractivity contribution in [1.29, 1.82) is 0 Å². The Hall–Kier alpha value is -2.75. The van der Waals surface area contributed by atoms with Crippen molar-refractivity contribution in [3.05, 3.63) is 54.4 Å². The third kappa shape index (κ3) is 4.38. The van der Waals surface area contributed by atoms with Gasteiger partial charge in [0.1, 0.15) is 22.9 Å². The Morgan fingerprint density at radius 2 is 1.79 bits per heavy atom.